The molecule has 0 aliphatic carbocycles. The van der Waals surface area contributed by atoms with Gasteiger partial charge in [-0.25, -0.2) is 0 Å². The van der Waals surface area contributed by atoms with Crippen LogP contribution < -0.4 is 0 Å². The first-order valence-corrected chi connectivity index (χ1v) is 6.06. The van der Waals surface area contributed by atoms with Crippen LogP contribution in [0.1, 0.15) is 27.2 Å². The number of hydrogen-bond acceptors (Lipinski definition) is 5. The Labute approximate surface area is 103 Å². The summed E-state index contributed by atoms with van der Waals surface area (Å²) in [6.45, 7) is 5.87. The summed E-state index contributed by atoms with van der Waals surface area (Å²) in [4.78, 5) is 13.2. The Kier molecular flexibility index (Phi) is 5.36. The number of carbonyl (C=O) groups is 1. The molecular formula is C12H23NO4. The highest BCUT2D eigenvalue weighted by atomic mass is 16.7. The third-order valence-electron chi connectivity index (χ3n) is 2.98. The maximum absolute atomic E-state index is 11.1. The second-order valence-electron chi connectivity index (χ2n) is 4.58. The molecule has 0 unspecified atom stereocenters. The van der Waals surface area contributed by atoms with Gasteiger partial charge in [0.15, 0.2) is 12.4 Å². The molecule has 0 N–H and O–H groups in total. The predicted octanol–water partition coefficient (Wildman–Crippen LogP) is 1.02. The zero-order valence-electron chi connectivity index (χ0n) is 11.3. The van der Waals surface area contributed by atoms with Crippen molar-refractivity contribution < 1.29 is 19.0 Å². The molecule has 100 valence electrons. The van der Waals surface area contributed by atoms with Gasteiger partial charge in [-0.15, -0.1) is 0 Å². The fourth-order valence-electron chi connectivity index (χ4n) is 2.19. The van der Waals surface area contributed by atoms with Gasteiger partial charge in [-0.2, -0.15) is 0 Å². The van der Waals surface area contributed by atoms with Crippen molar-refractivity contribution in [2.24, 2.45) is 0 Å². The summed E-state index contributed by atoms with van der Waals surface area (Å²) >= 11 is 0. The molecule has 1 aliphatic rings. The number of likely N-dealkylation sites (N-methyl/N-ethyl adjacent to an activating group) is 1. The van der Waals surface area contributed by atoms with E-state index in [9.17, 15) is 4.79 Å². The lowest BCUT2D eigenvalue weighted by atomic mass is 9.99. The standard InChI is InChI=1S/C12H23NO4/c1-6-15-12-11(17-9(3)14)7-10(13(4)5)8(2)16-12/h8,10-12H,6-7H2,1-5H3/t8-,10+,11-,12+/m1/s1. The van der Waals surface area contributed by atoms with Crippen LogP contribution in [-0.2, 0) is 19.0 Å². The molecule has 1 heterocycles. The maximum atomic E-state index is 11.1. The number of esters is 1. The summed E-state index contributed by atoms with van der Waals surface area (Å²) in [5.74, 6) is -0.296. The molecule has 0 aromatic carbocycles. The molecule has 1 aliphatic heterocycles. The zero-order valence-corrected chi connectivity index (χ0v) is 11.3. The minimum Gasteiger partial charge on any atom is -0.457 e. The highest BCUT2D eigenvalue weighted by molar-refractivity contribution is 5.66. The van der Waals surface area contributed by atoms with Crippen molar-refractivity contribution in [3.8, 4) is 0 Å². The van der Waals surface area contributed by atoms with Gasteiger partial charge >= 0.3 is 5.97 Å². The summed E-state index contributed by atoms with van der Waals surface area (Å²) < 4.78 is 16.5. The minimum atomic E-state index is -0.449. The summed E-state index contributed by atoms with van der Waals surface area (Å²) in [5.41, 5.74) is 0. The van der Waals surface area contributed by atoms with Gasteiger partial charge in [0.2, 0.25) is 0 Å². The van der Waals surface area contributed by atoms with Gasteiger partial charge in [0, 0.05) is 26.0 Å². The summed E-state index contributed by atoms with van der Waals surface area (Å²) in [6, 6.07) is 0.232. The Morgan fingerprint density at radius 1 is 1.47 bits per heavy atom. The number of carbonyl (C=O) groups excluding carboxylic acids is 1. The van der Waals surface area contributed by atoms with Gasteiger partial charge in [-0.1, -0.05) is 0 Å². The lowest BCUT2D eigenvalue weighted by Crippen LogP contribution is -2.53. The Morgan fingerprint density at radius 3 is 2.59 bits per heavy atom. The van der Waals surface area contributed by atoms with Crippen molar-refractivity contribution in [1.82, 2.24) is 4.90 Å². The molecule has 5 heteroatoms. The van der Waals surface area contributed by atoms with Crippen LogP contribution in [0.4, 0.5) is 0 Å². The van der Waals surface area contributed by atoms with Gasteiger partial charge in [0.1, 0.15) is 0 Å². The number of ether oxygens (including phenoxy) is 3. The fraction of sp³-hybridized carbons (Fsp3) is 0.917. The van der Waals surface area contributed by atoms with Gasteiger partial charge < -0.3 is 19.1 Å². The molecule has 4 atom stereocenters. The highest BCUT2D eigenvalue weighted by Crippen LogP contribution is 2.26. The van der Waals surface area contributed by atoms with E-state index in [0.29, 0.717) is 6.61 Å². The van der Waals surface area contributed by atoms with Gasteiger partial charge in [-0.05, 0) is 27.9 Å². The molecule has 0 bridgehead atoms. The molecule has 0 amide bonds. The molecular weight excluding hydrogens is 222 g/mol. The van der Waals surface area contributed by atoms with Crippen molar-refractivity contribution in [3.05, 3.63) is 0 Å². The van der Waals surface area contributed by atoms with E-state index in [1.165, 1.54) is 6.92 Å². The van der Waals surface area contributed by atoms with Crippen LogP contribution in [0.3, 0.4) is 0 Å². The number of hydrogen-bond donors (Lipinski definition) is 0. The molecule has 0 aromatic rings. The molecule has 1 fully saturated rings. The average molecular weight is 245 g/mol. The Balaban J connectivity index is 2.69. The van der Waals surface area contributed by atoms with E-state index in [2.05, 4.69) is 4.90 Å². The Hall–Kier alpha value is -0.650. The Bertz CT molecular complexity index is 257. The highest BCUT2D eigenvalue weighted by Gasteiger charge is 2.39. The lowest BCUT2D eigenvalue weighted by molar-refractivity contribution is -0.255. The molecule has 0 radical (unpaired) electrons. The number of nitrogens with zero attached hydrogens (tertiary/aromatic N) is 1. The normalized spacial score (nSPS) is 33.8. The van der Waals surface area contributed by atoms with Gasteiger partial charge in [0.25, 0.3) is 0 Å². The van der Waals surface area contributed by atoms with E-state index in [1.54, 1.807) is 0 Å². The smallest absolute Gasteiger partial charge is 0.303 e. The van der Waals surface area contributed by atoms with Crippen LogP contribution in [0.25, 0.3) is 0 Å². The molecule has 0 spiro atoms. The van der Waals surface area contributed by atoms with Gasteiger partial charge in [0.05, 0.1) is 6.10 Å². The van der Waals surface area contributed by atoms with Crippen LogP contribution >= 0.6 is 0 Å². The third-order valence-corrected chi connectivity index (χ3v) is 2.98. The van der Waals surface area contributed by atoms with Crippen LogP contribution in [-0.4, -0.2) is 56.1 Å². The molecule has 5 nitrogen and oxygen atoms in total. The topological polar surface area (TPSA) is 48.0 Å². The second-order valence-corrected chi connectivity index (χ2v) is 4.58. The van der Waals surface area contributed by atoms with Crippen molar-refractivity contribution in [2.45, 2.75) is 51.7 Å². The average Bonchev–Trinajstić information content (AvgIpc) is 2.21. The molecule has 0 saturated carbocycles. The molecule has 17 heavy (non-hydrogen) atoms. The fourth-order valence-corrected chi connectivity index (χ4v) is 2.19. The van der Waals surface area contributed by atoms with Gasteiger partial charge in [-0.3, -0.25) is 4.79 Å². The summed E-state index contributed by atoms with van der Waals surface area (Å²) in [5, 5.41) is 0. The third kappa shape index (κ3) is 3.94. The van der Waals surface area contributed by atoms with Crippen LogP contribution in [0, 0.1) is 0 Å². The van der Waals surface area contributed by atoms with E-state index < -0.39 is 6.29 Å². The van der Waals surface area contributed by atoms with Crippen LogP contribution in [0.2, 0.25) is 0 Å². The minimum absolute atomic E-state index is 0.0633. The first-order valence-electron chi connectivity index (χ1n) is 6.06. The van der Waals surface area contributed by atoms with Crippen molar-refractivity contribution in [1.29, 1.82) is 0 Å². The molecule has 0 aromatic heterocycles. The number of rotatable bonds is 4. The van der Waals surface area contributed by atoms with E-state index in [-0.39, 0.29) is 24.2 Å². The van der Waals surface area contributed by atoms with E-state index in [4.69, 9.17) is 14.2 Å². The van der Waals surface area contributed by atoms with E-state index in [0.717, 1.165) is 6.42 Å². The monoisotopic (exact) mass is 245 g/mol. The maximum Gasteiger partial charge on any atom is 0.303 e. The molecule has 1 rings (SSSR count). The van der Waals surface area contributed by atoms with Crippen molar-refractivity contribution in [2.75, 3.05) is 20.7 Å². The van der Waals surface area contributed by atoms with Crippen molar-refractivity contribution in [3.63, 3.8) is 0 Å². The first kappa shape index (κ1) is 14.4. The predicted molar refractivity (Wildman–Crippen MR) is 63.6 cm³/mol. The van der Waals surface area contributed by atoms with Crippen LogP contribution in [0.5, 0.6) is 0 Å². The SMILES string of the molecule is CCO[C@H]1O[C@H](C)[C@@H](N(C)C)C[C@H]1OC(C)=O. The van der Waals surface area contributed by atoms with Crippen molar-refractivity contribution >= 4 is 5.97 Å². The van der Waals surface area contributed by atoms with Crippen LogP contribution in [0.15, 0.2) is 0 Å². The zero-order chi connectivity index (χ0) is 13.0. The molecule has 1 saturated heterocycles. The largest absolute Gasteiger partial charge is 0.457 e. The Morgan fingerprint density at radius 2 is 2.12 bits per heavy atom. The first-order chi connectivity index (χ1) is 7.95. The summed E-state index contributed by atoms with van der Waals surface area (Å²) in [7, 11) is 3.99. The lowest BCUT2D eigenvalue weighted by Gasteiger charge is -2.41. The van der Waals surface area contributed by atoms with E-state index >= 15 is 0 Å². The van der Waals surface area contributed by atoms with E-state index in [1.807, 2.05) is 27.9 Å². The quantitative estimate of drug-likeness (QED) is 0.692. The second kappa shape index (κ2) is 6.33. The summed E-state index contributed by atoms with van der Waals surface area (Å²) in [6.07, 6.45) is 0.0257.